The Morgan fingerprint density at radius 3 is 2.41 bits per heavy atom. The fourth-order valence-corrected chi connectivity index (χ4v) is 2.56. The number of carbonyl (C=O) groups excluding carboxylic acids is 1. The minimum Gasteiger partial charge on any atom is -0.396 e. The Balaban J connectivity index is 2.15. The van der Waals surface area contributed by atoms with Gasteiger partial charge in [-0.25, -0.2) is 0 Å². The van der Waals surface area contributed by atoms with Crippen molar-refractivity contribution in [3.8, 4) is 0 Å². The molecule has 4 nitrogen and oxygen atoms in total. The van der Waals surface area contributed by atoms with Crippen LogP contribution in [0.25, 0.3) is 0 Å². The Labute approximate surface area is 104 Å². The zero-order valence-electron chi connectivity index (χ0n) is 10.7. The van der Waals surface area contributed by atoms with Gasteiger partial charge in [-0.15, -0.1) is 0 Å². The average Bonchev–Trinajstić information content (AvgIpc) is 2.83. The molecule has 0 saturated heterocycles. The zero-order chi connectivity index (χ0) is 12.6. The molecule has 1 amide bonds. The standard InChI is InChI=1S/C13H26N2O2/c14-11-13(7-3-4-8-13)12(17)15-9-5-1-2-6-10-16/h16H,1-11,14H2,(H,15,17). The van der Waals surface area contributed by atoms with Crippen LogP contribution in [0.15, 0.2) is 0 Å². The van der Waals surface area contributed by atoms with Crippen LogP contribution in [0, 0.1) is 5.41 Å². The van der Waals surface area contributed by atoms with Gasteiger partial charge in [-0.2, -0.15) is 0 Å². The number of unbranched alkanes of at least 4 members (excludes halogenated alkanes) is 3. The maximum atomic E-state index is 12.1. The third kappa shape index (κ3) is 4.28. The predicted molar refractivity (Wildman–Crippen MR) is 68.5 cm³/mol. The maximum absolute atomic E-state index is 12.1. The fourth-order valence-electron chi connectivity index (χ4n) is 2.56. The third-order valence-corrected chi connectivity index (χ3v) is 3.80. The molecule has 0 aromatic rings. The van der Waals surface area contributed by atoms with Gasteiger partial charge < -0.3 is 16.2 Å². The zero-order valence-corrected chi connectivity index (χ0v) is 10.7. The molecule has 1 aliphatic carbocycles. The van der Waals surface area contributed by atoms with Gasteiger partial charge >= 0.3 is 0 Å². The largest absolute Gasteiger partial charge is 0.396 e. The van der Waals surface area contributed by atoms with E-state index in [1.54, 1.807) is 0 Å². The average molecular weight is 242 g/mol. The number of rotatable bonds is 8. The molecule has 100 valence electrons. The topological polar surface area (TPSA) is 75.4 Å². The molecule has 0 bridgehead atoms. The highest BCUT2D eigenvalue weighted by molar-refractivity contribution is 5.83. The molecule has 0 aliphatic heterocycles. The number of aliphatic hydroxyl groups is 1. The molecule has 17 heavy (non-hydrogen) atoms. The van der Waals surface area contributed by atoms with E-state index >= 15 is 0 Å². The fraction of sp³-hybridized carbons (Fsp3) is 0.923. The van der Waals surface area contributed by atoms with E-state index in [1.807, 2.05) is 0 Å². The minimum atomic E-state index is -0.273. The quantitative estimate of drug-likeness (QED) is 0.559. The van der Waals surface area contributed by atoms with Crippen molar-refractivity contribution >= 4 is 5.91 Å². The molecular formula is C13H26N2O2. The summed E-state index contributed by atoms with van der Waals surface area (Å²) in [6, 6.07) is 0. The van der Waals surface area contributed by atoms with Crippen LogP contribution in [0.3, 0.4) is 0 Å². The number of amides is 1. The van der Waals surface area contributed by atoms with Gasteiger partial charge in [0, 0.05) is 19.7 Å². The van der Waals surface area contributed by atoms with E-state index in [2.05, 4.69) is 5.32 Å². The van der Waals surface area contributed by atoms with E-state index in [9.17, 15) is 4.79 Å². The molecule has 0 spiro atoms. The van der Waals surface area contributed by atoms with Crippen LogP contribution in [0.2, 0.25) is 0 Å². The number of carbonyl (C=O) groups is 1. The Morgan fingerprint density at radius 1 is 1.18 bits per heavy atom. The molecule has 4 heteroatoms. The van der Waals surface area contributed by atoms with Crippen molar-refractivity contribution in [2.45, 2.75) is 51.4 Å². The summed E-state index contributed by atoms with van der Waals surface area (Å²) in [5, 5.41) is 11.6. The van der Waals surface area contributed by atoms with E-state index in [0.717, 1.165) is 57.9 Å². The van der Waals surface area contributed by atoms with Crippen LogP contribution in [-0.2, 0) is 4.79 Å². The lowest BCUT2D eigenvalue weighted by atomic mass is 9.85. The molecule has 0 atom stereocenters. The highest BCUT2D eigenvalue weighted by Gasteiger charge is 2.39. The summed E-state index contributed by atoms with van der Waals surface area (Å²) in [6.07, 6.45) is 8.10. The lowest BCUT2D eigenvalue weighted by molar-refractivity contribution is -0.130. The first-order valence-corrected chi connectivity index (χ1v) is 6.84. The van der Waals surface area contributed by atoms with Crippen LogP contribution in [0.4, 0.5) is 0 Å². The summed E-state index contributed by atoms with van der Waals surface area (Å²) in [5.74, 6) is 0.152. The van der Waals surface area contributed by atoms with Crippen molar-refractivity contribution in [2.75, 3.05) is 19.7 Å². The highest BCUT2D eigenvalue weighted by Crippen LogP contribution is 2.37. The number of aliphatic hydroxyl groups excluding tert-OH is 1. The van der Waals surface area contributed by atoms with Crippen LogP contribution in [0.5, 0.6) is 0 Å². The van der Waals surface area contributed by atoms with Gasteiger partial charge in [0.25, 0.3) is 0 Å². The van der Waals surface area contributed by atoms with Gasteiger partial charge in [-0.3, -0.25) is 4.79 Å². The van der Waals surface area contributed by atoms with E-state index in [1.165, 1.54) is 0 Å². The van der Waals surface area contributed by atoms with Crippen LogP contribution in [0.1, 0.15) is 51.4 Å². The summed E-state index contributed by atoms with van der Waals surface area (Å²) < 4.78 is 0. The third-order valence-electron chi connectivity index (χ3n) is 3.80. The second-order valence-corrected chi connectivity index (χ2v) is 5.09. The minimum absolute atomic E-state index is 0.152. The van der Waals surface area contributed by atoms with Crippen molar-refractivity contribution in [1.29, 1.82) is 0 Å². The maximum Gasteiger partial charge on any atom is 0.227 e. The number of hydrogen-bond acceptors (Lipinski definition) is 3. The summed E-state index contributed by atoms with van der Waals surface area (Å²) >= 11 is 0. The first-order chi connectivity index (χ1) is 8.25. The van der Waals surface area contributed by atoms with Gasteiger partial charge in [0.05, 0.1) is 5.41 Å². The molecule has 1 rings (SSSR count). The molecule has 0 heterocycles. The smallest absolute Gasteiger partial charge is 0.227 e. The molecule has 0 aromatic carbocycles. The lowest BCUT2D eigenvalue weighted by Gasteiger charge is -2.25. The molecule has 0 aromatic heterocycles. The molecule has 0 unspecified atom stereocenters. The number of nitrogens with two attached hydrogens (primary N) is 1. The number of nitrogens with one attached hydrogen (secondary N) is 1. The van der Waals surface area contributed by atoms with E-state index in [4.69, 9.17) is 10.8 Å². The normalized spacial score (nSPS) is 18.2. The van der Waals surface area contributed by atoms with Gasteiger partial charge in [-0.1, -0.05) is 25.7 Å². The highest BCUT2D eigenvalue weighted by atomic mass is 16.2. The van der Waals surface area contributed by atoms with Crippen molar-refractivity contribution < 1.29 is 9.90 Å². The second kappa shape index (κ2) is 7.67. The van der Waals surface area contributed by atoms with Gasteiger partial charge in [-0.05, 0) is 25.7 Å². The predicted octanol–water partition coefficient (Wildman–Crippen LogP) is 1.17. The monoisotopic (exact) mass is 242 g/mol. The molecule has 1 fully saturated rings. The first kappa shape index (κ1) is 14.5. The van der Waals surface area contributed by atoms with Crippen LogP contribution >= 0.6 is 0 Å². The van der Waals surface area contributed by atoms with Crippen molar-refractivity contribution in [3.63, 3.8) is 0 Å². The van der Waals surface area contributed by atoms with Crippen LogP contribution < -0.4 is 11.1 Å². The Hall–Kier alpha value is -0.610. The summed E-state index contributed by atoms with van der Waals surface area (Å²) in [4.78, 5) is 12.1. The number of hydrogen-bond donors (Lipinski definition) is 3. The Morgan fingerprint density at radius 2 is 1.82 bits per heavy atom. The Bertz CT molecular complexity index is 225. The van der Waals surface area contributed by atoms with Crippen molar-refractivity contribution in [1.82, 2.24) is 5.32 Å². The summed E-state index contributed by atoms with van der Waals surface area (Å²) in [7, 11) is 0. The SMILES string of the molecule is NCC1(C(=O)NCCCCCCO)CCCC1. The first-order valence-electron chi connectivity index (χ1n) is 6.84. The molecular weight excluding hydrogens is 216 g/mol. The summed E-state index contributed by atoms with van der Waals surface area (Å²) in [6.45, 7) is 1.48. The van der Waals surface area contributed by atoms with E-state index in [0.29, 0.717) is 6.54 Å². The molecule has 1 aliphatic rings. The van der Waals surface area contributed by atoms with Gasteiger partial charge in [0.2, 0.25) is 5.91 Å². The van der Waals surface area contributed by atoms with E-state index in [-0.39, 0.29) is 17.9 Å². The second-order valence-electron chi connectivity index (χ2n) is 5.09. The van der Waals surface area contributed by atoms with Crippen LogP contribution in [-0.4, -0.2) is 30.7 Å². The van der Waals surface area contributed by atoms with Crippen molar-refractivity contribution in [3.05, 3.63) is 0 Å². The molecule has 1 saturated carbocycles. The van der Waals surface area contributed by atoms with Crippen molar-refractivity contribution in [2.24, 2.45) is 11.1 Å². The van der Waals surface area contributed by atoms with Gasteiger partial charge in [0.15, 0.2) is 0 Å². The molecule has 4 N–H and O–H groups in total. The van der Waals surface area contributed by atoms with Gasteiger partial charge in [0.1, 0.15) is 0 Å². The Kier molecular flexibility index (Phi) is 6.52. The van der Waals surface area contributed by atoms with E-state index < -0.39 is 0 Å². The summed E-state index contributed by atoms with van der Waals surface area (Å²) in [5.41, 5.74) is 5.48. The lowest BCUT2D eigenvalue weighted by Crippen LogP contribution is -2.44. The molecule has 0 radical (unpaired) electrons.